The largest absolute Gasteiger partial charge is 0.462 e. The van der Waals surface area contributed by atoms with E-state index in [9.17, 15) is 4.79 Å². The van der Waals surface area contributed by atoms with Gasteiger partial charge in [-0.25, -0.2) is 4.79 Å². The van der Waals surface area contributed by atoms with Crippen LogP contribution in [0.4, 0.5) is 0 Å². The maximum atomic E-state index is 13.1. The number of rotatable bonds is 7. The predicted octanol–water partition coefficient (Wildman–Crippen LogP) is 4.57. The quantitative estimate of drug-likeness (QED) is 0.321. The highest BCUT2D eigenvalue weighted by molar-refractivity contribution is 7.95. The molecule has 4 aromatic rings. The van der Waals surface area contributed by atoms with E-state index in [0.717, 1.165) is 21.5 Å². The van der Waals surface area contributed by atoms with Gasteiger partial charge in [-0.3, -0.25) is 0 Å². The van der Waals surface area contributed by atoms with E-state index in [1.165, 1.54) is 0 Å². The first kappa shape index (κ1) is 20.9. The van der Waals surface area contributed by atoms with Crippen molar-refractivity contribution in [3.63, 3.8) is 0 Å². The molecule has 0 aliphatic carbocycles. The van der Waals surface area contributed by atoms with Gasteiger partial charge in [-0.05, 0) is 28.4 Å². The lowest BCUT2D eigenvalue weighted by Gasteiger charge is -2.28. The molecule has 0 amide bonds. The molecule has 154 valence electrons. The van der Waals surface area contributed by atoms with Crippen LogP contribution in [0.25, 0.3) is 0 Å². The summed E-state index contributed by atoms with van der Waals surface area (Å²) in [7, 11) is 0. The van der Waals surface area contributed by atoms with Crippen molar-refractivity contribution >= 4 is 34.6 Å². The fourth-order valence-corrected chi connectivity index (χ4v) is 7.43. The Bertz CT molecular complexity index is 1050. The Labute approximate surface area is 184 Å². The maximum Gasteiger partial charge on any atom is 0.331 e. The summed E-state index contributed by atoms with van der Waals surface area (Å²) >= 11 is 0. The Morgan fingerprint density at radius 2 is 1.00 bits per heavy atom. The minimum atomic E-state index is -2.32. The zero-order chi connectivity index (χ0) is 21.4. The van der Waals surface area contributed by atoms with Crippen LogP contribution in [-0.2, 0) is 16.0 Å². The molecule has 4 aromatic carbocycles. The molecule has 0 unspecified atom stereocenters. The highest BCUT2D eigenvalue weighted by Crippen LogP contribution is 2.43. The molecule has 2 nitrogen and oxygen atoms in total. The molecular formula is C28H25O2P. The van der Waals surface area contributed by atoms with Gasteiger partial charge in [0, 0.05) is 12.2 Å². The van der Waals surface area contributed by atoms with Gasteiger partial charge in [-0.15, -0.1) is 0 Å². The number of benzene rings is 4. The second-order valence-corrected chi connectivity index (χ2v) is 10.5. The molecule has 0 saturated carbocycles. The molecule has 0 aliphatic heterocycles. The van der Waals surface area contributed by atoms with Gasteiger partial charge in [0.2, 0.25) is 0 Å². The second-order valence-electron chi connectivity index (χ2n) is 7.26. The molecule has 0 radical (unpaired) electrons. The Balaban J connectivity index is 1.77. The van der Waals surface area contributed by atoms with E-state index in [1.54, 1.807) is 0 Å². The highest BCUT2D eigenvalue weighted by atomic mass is 31.2. The first-order valence-corrected chi connectivity index (χ1v) is 12.3. The summed E-state index contributed by atoms with van der Waals surface area (Å²) in [6.07, 6.45) is 0.702. The molecule has 0 heterocycles. The lowest BCUT2D eigenvalue weighted by molar-refractivity contribution is -0.134. The molecular weight excluding hydrogens is 399 g/mol. The Kier molecular flexibility index (Phi) is 6.82. The van der Waals surface area contributed by atoms with Crippen molar-refractivity contribution < 1.29 is 9.53 Å². The van der Waals surface area contributed by atoms with Crippen LogP contribution in [0.3, 0.4) is 0 Å². The summed E-state index contributed by atoms with van der Waals surface area (Å²) in [5.41, 5.74) is 1.16. The third kappa shape index (κ3) is 4.87. The second kappa shape index (κ2) is 10.1. The number of hydrogen-bond donors (Lipinski definition) is 0. The fraction of sp³-hybridized carbons (Fsp3) is 0.0714. The van der Waals surface area contributed by atoms with Crippen LogP contribution in [0.5, 0.6) is 0 Å². The summed E-state index contributed by atoms with van der Waals surface area (Å²) in [6, 6.07) is 41.0. The average Bonchev–Trinajstić information content (AvgIpc) is 2.85. The molecule has 31 heavy (non-hydrogen) atoms. The molecule has 3 heteroatoms. The molecule has 0 aliphatic rings. The number of carbonyl (C=O) groups is 1. The van der Waals surface area contributed by atoms with Gasteiger partial charge in [0.25, 0.3) is 0 Å². The predicted molar refractivity (Wildman–Crippen MR) is 132 cm³/mol. The molecule has 0 N–H and O–H groups in total. The molecule has 4 rings (SSSR count). The zero-order valence-electron chi connectivity index (χ0n) is 17.3. The van der Waals surface area contributed by atoms with Crippen LogP contribution in [0.15, 0.2) is 121 Å². The molecule has 0 aromatic heterocycles. The Hall–Kier alpha value is -3.35. The number of hydrogen-bond acceptors (Lipinski definition) is 2. The molecule has 0 saturated heterocycles. The van der Waals surface area contributed by atoms with Gasteiger partial charge in [0.05, 0.1) is 6.61 Å². The van der Waals surface area contributed by atoms with Gasteiger partial charge >= 0.3 is 5.97 Å². The van der Waals surface area contributed by atoms with Gasteiger partial charge in [-0.2, -0.15) is 0 Å². The van der Waals surface area contributed by atoms with Crippen LogP contribution in [0.1, 0.15) is 5.56 Å². The monoisotopic (exact) mass is 424 g/mol. The van der Waals surface area contributed by atoms with Gasteiger partial charge in [0.1, 0.15) is 0 Å². The Morgan fingerprint density at radius 1 is 0.613 bits per heavy atom. The first-order valence-electron chi connectivity index (χ1n) is 10.4. The Morgan fingerprint density at radius 3 is 1.42 bits per heavy atom. The standard InChI is InChI=1S/C28H25O2P/c29-28(30-22-21-24-13-5-1-6-14-24)23-31(25-15-7-2-8-16-25,26-17-9-3-10-18-26)27-19-11-4-12-20-27/h1-20,23H,21-22H2. The summed E-state index contributed by atoms with van der Waals surface area (Å²) in [6.45, 7) is -1.96. The van der Waals surface area contributed by atoms with Gasteiger partial charge in [0.15, 0.2) is 0 Å². The van der Waals surface area contributed by atoms with Crippen LogP contribution >= 0.6 is 6.89 Å². The van der Waals surface area contributed by atoms with E-state index < -0.39 is 6.89 Å². The molecule has 0 atom stereocenters. The van der Waals surface area contributed by atoms with Crippen LogP contribution in [0.2, 0.25) is 0 Å². The number of carbonyl (C=O) groups excluding carboxylic acids is 1. The summed E-state index contributed by atoms with van der Waals surface area (Å²) in [4.78, 5) is 13.1. The van der Waals surface area contributed by atoms with E-state index in [4.69, 9.17) is 4.74 Å². The average molecular weight is 424 g/mol. The van der Waals surface area contributed by atoms with Crippen molar-refractivity contribution in [1.82, 2.24) is 0 Å². The van der Waals surface area contributed by atoms with Crippen molar-refractivity contribution in [1.29, 1.82) is 0 Å². The van der Waals surface area contributed by atoms with Crippen molar-refractivity contribution in [3.8, 4) is 0 Å². The minimum Gasteiger partial charge on any atom is -0.462 e. The van der Waals surface area contributed by atoms with Crippen LogP contribution < -0.4 is 15.9 Å². The van der Waals surface area contributed by atoms with Crippen molar-refractivity contribution in [3.05, 3.63) is 127 Å². The fourth-order valence-electron chi connectivity index (χ4n) is 3.77. The third-order valence-corrected chi connectivity index (χ3v) is 9.20. The maximum absolute atomic E-state index is 13.1. The van der Waals surface area contributed by atoms with E-state index >= 15 is 0 Å². The summed E-state index contributed by atoms with van der Waals surface area (Å²) in [5.74, 6) is 1.55. The summed E-state index contributed by atoms with van der Waals surface area (Å²) < 4.78 is 5.70. The van der Waals surface area contributed by atoms with Crippen molar-refractivity contribution in [2.24, 2.45) is 0 Å². The van der Waals surface area contributed by atoms with E-state index in [1.807, 2.05) is 90.7 Å². The smallest absolute Gasteiger partial charge is 0.331 e. The van der Waals surface area contributed by atoms with Gasteiger partial charge < -0.3 is 4.74 Å². The molecule has 0 bridgehead atoms. The SMILES string of the molecule is O=C(C=P(c1ccccc1)(c1ccccc1)c1ccccc1)OCCc1ccccc1. The lowest BCUT2D eigenvalue weighted by Crippen LogP contribution is -2.29. The normalized spacial score (nSPS) is 11.0. The molecule has 0 spiro atoms. The van der Waals surface area contributed by atoms with Gasteiger partial charge in [-0.1, -0.05) is 121 Å². The lowest BCUT2D eigenvalue weighted by atomic mass is 10.2. The highest BCUT2D eigenvalue weighted by Gasteiger charge is 2.26. The van der Waals surface area contributed by atoms with E-state index in [2.05, 4.69) is 36.4 Å². The van der Waals surface area contributed by atoms with E-state index in [0.29, 0.717) is 13.0 Å². The minimum absolute atomic E-state index is 0.277. The van der Waals surface area contributed by atoms with E-state index in [-0.39, 0.29) is 5.97 Å². The topological polar surface area (TPSA) is 26.3 Å². The number of ether oxygens (including phenoxy) is 1. The van der Waals surface area contributed by atoms with Crippen LogP contribution in [0, 0.1) is 0 Å². The number of esters is 1. The molecule has 0 fully saturated rings. The van der Waals surface area contributed by atoms with Crippen molar-refractivity contribution in [2.45, 2.75) is 6.42 Å². The van der Waals surface area contributed by atoms with Crippen molar-refractivity contribution in [2.75, 3.05) is 6.61 Å². The van der Waals surface area contributed by atoms with Crippen LogP contribution in [-0.4, -0.2) is 18.4 Å². The first-order chi connectivity index (χ1) is 15.3. The summed E-state index contributed by atoms with van der Waals surface area (Å²) in [5, 5.41) is 3.40. The zero-order valence-corrected chi connectivity index (χ0v) is 18.2. The third-order valence-electron chi connectivity index (χ3n) is 5.27.